The average Bonchev–Trinajstić information content (AvgIpc) is 2.94. The van der Waals surface area contributed by atoms with Gasteiger partial charge in [0.15, 0.2) is 0 Å². The molecule has 108 valence electrons. The summed E-state index contributed by atoms with van der Waals surface area (Å²) in [6.07, 6.45) is 4.01. The van der Waals surface area contributed by atoms with Gasteiger partial charge in [-0.2, -0.15) is 0 Å². The van der Waals surface area contributed by atoms with Crippen LogP contribution in [0.15, 0.2) is 61.2 Å². The Morgan fingerprint density at radius 2 is 1.71 bits per heavy atom. The van der Waals surface area contributed by atoms with E-state index in [4.69, 9.17) is 4.74 Å². The maximum Gasteiger partial charge on any atom is 0.124 e. The molecule has 2 aromatic carbocycles. The second kappa shape index (κ2) is 6.59. The van der Waals surface area contributed by atoms with Crippen LogP contribution in [0, 0.1) is 0 Å². The monoisotopic (exact) mass is 279 g/mol. The van der Waals surface area contributed by atoms with Crippen LogP contribution in [0.3, 0.4) is 0 Å². The van der Waals surface area contributed by atoms with E-state index in [1.165, 1.54) is 16.7 Å². The number of benzene rings is 2. The molecule has 0 heterocycles. The van der Waals surface area contributed by atoms with E-state index in [1.807, 2.05) is 12.1 Å². The first-order valence-corrected chi connectivity index (χ1v) is 7.48. The summed E-state index contributed by atoms with van der Waals surface area (Å²) in [5, 5.41) is 3.66. The van der Waals surface area contributed by atoms with Crippen molar-refractivity contribution in [3.63, 3.8) is 0 Å². The lowest BCUT2D eigenvalue weighted by Crippen LogP contribution is -2.29. The van der Waals surface area contributed by atoms with Gasteiger partial charge < -0.3 is 10.1 Å². The Balaban J connectivity index is 1.60. The predicted octanol–water partition coefficient (Wildman–Crippen LogP) is 3.51. The van der Waals surface area contributed by atoms with Crippen molar-refractivity contribution >= 4 is 0 Å². The number of ether oxygens (including phenoxy) is 1. The van der Waals surface area contributed by atoms with Crippen molar-refractivity contribution in [1.29, 1.82) is 0 Å². The van der Waals surface area contributed by atoms with Crippen molar-refractivity contribution in [3.8, 4) is 5.75 Å². The highest BCUT2D eigenvalue weighted by Crippen LogP contribution is 2.23. The minimum atomic E-state index is 0.523. The highest BCUT2D eigenvalue weighted by molar-refractivity contribution is 5.35. The summed E-state index contributed by atoms with van der Waals surface area (Å²) in [6.45, 7) is 5.08. The number of hydrogen-bond donors (Lipinski definition) is 1. The van der Waals surface area contributed by atoms with Crippen LogP contribution < -0.4 is 10.1 Å². The third-order valence-electron chi connectivity index (χ3n) is 3.96. The molecule has 1 N–H and O–H groups in total. The predicted molar refractivity (Wildman–Crippen MR) is 86.6 cm³/mol. The SMILES string of the molecule is C=CCOc1ccccc1CNC1Cc2ccccc2C1. The fourth-order valence-electron chi connectivity index (χ4n) is 2.90. The Labute approximate surface area is 126 Å². The van der Waals surface area contributed by atoms with Crippen LogP contribution in [0.2, 0.25) is 0 Å². The molecule has 2 nitrogen and oxygen atoms in total. The van der Waals surface area contributed by atoms with Gasteiger partial charge in [0.1, 0.15) is 12.4 Å². The second-order valence-corrected chi connectivity index (χ2v) is 5.46. The quantitative estimate of drug-likeness (QED) is 0.817. The largest absolute Gasteiger partial charge is 0.489 e. The van der Waals surface area contributed by atoms with Gasteiger partial charge in [0.05, 0.1) is 0 Å². The maximum atomic E-state index is 5.71. The van der Waals surface area contributed by atoms with Crippen LogP contribution in [0.4, 0.5) is 0 Å². The minimum absolute atomic E-state index is 0.523. The number of para-hydroxylation sites is 1. The molecule has 0 bridgehead atoms. The van der Waals surface area contributed by atoms with Crippen LogP contribution >= 0.6 is 0 Å². The fourth-order valence-corrected chi connectivity index (χ4v) is 2.90. The molecule has 0 saturated carbocycles. The zero-order valence-corrected chi connectivity index (χ0v) is 12.2. The van der Waals surface area contributed by atoms with Crippen LogP contribution in [0.25, 0.3) is 0 Å². The number of hydrogen-bond acceptors (Lipinski definition) is 2. The molecule has 0 unspecified atom stereocenters. The van der Waals surface area contributed by atoms with E-state index in [0.717, 1.165) is 25.1 Å². The second-order valence-electron chi connectivity index (χ2n) is 5.46. The summed E-state index contributed by atoms with van der Waals surface area (Å²) in [4.78, 5) is 0. The van der Waals surface area contributed by atoms with Crippen LogP contribution in [-0.4, -0.2) is 12.6 Å². The van der Waals surface area contributed by atoms with Crippen molar-refractivity contribution in [2.24, 2.45) is 0 Å². The van der Waals surface area contributed by atoms with Gasteiger partial charge in [-0.15, -0.1) is 0 Å². The van der Waals surface area contributed by atoms with Crippen molar-refractivity contribution in [2.75, 3.05) is 6.61 Å². The summed E-state index contributed by atoms with van der Waals surface area (Å²) in [5.74, 6) is 0.945. The summed E-state index contributed by atoms with van der Waals surface area (Å²) in [5.41, 5.74) is 4.16. The lowest BCUT2D eigenvalue weighted by Gasteiger charge is -2.14. The summed E-state index contributed by atoms with van der Waals surface area (Å²) >= 11 is 0. The molecular weight excluding hydrogens is 258 g/mol. The van der Waals surface area contributed by atoms with Crippen molar-refractivity contribution < 1.29 is 4.74 Å². The molecule has 1 aliphatic rings. The van der Waals surface area contributed by atoms with Gasteiger partial charge in [0.2, 0.25) is 0 Å². The molecule has 0 radical (unpaired) electrons. The molecule has 0 aromatic heterocycles. The Kier molecular flexibility index (Phi) is 4.37. The molecule has 0 amide bonds. The Hall–Kier alpha value is -2.06. The molecule has 2 heteroatoms. The zero-order chi connectivity index (χ0) is 14.5. The summed E-state index contributed by atoms with van der Waals surface area (Å²) in [6, 6.07) is 17.4. The van der Waals surface area contributed by atoms with Gasteiger partial charge in [-0.25, -0.2) is 0 Å². The van der Waals surface area contributed by atoms with Crippen molar-refractivity contribution in [2.45, 2.75) is 25.4 Å². The lowest BCUT2D eigenvalue weighted by atomic mass is 10.1. The minimum Gasteiger partial charge on any atom is -0.489 e. The van der Waals surface area contributed by atoms with E-state index in [0.29, 0.717) is 12.6 Å². The van der Waals surface area contributed by atoms with Crippen LogP contribution in [0.5, 0.6) is 5.75 Å². The number of fused-ring (bicyclic) bond motifs is 1. The third-order valence-corrected chi connectivity index (χ3v) is 3.96. The highest BCUT2D eigenvalue weighted by Gasteiger charge is 2.20. The number of nitrogens with one attached hydrogen (secondary N) is 1. The summed E-state index contributed by atoms with van der Waals surface area (Å²) in [7, 11) is 0. The fraction of sp³-hybridized carbons (Fsp3) is 0.263. The molecule has 3 rings (SSSR count). The topological polar surface area (TPSA) is 21.3 Å². The van der Waals surface area contributed by atoms with Crippen molar-refractivity contribution in [3.05, 3.63) is 77.9 Å². The van der Waals surface area contributed by atoms with Crippen molar-refractivity contribution in [1.82, 2.24) is 5.32 Å². The molecule has 1 aliphatic carbocycles. The molecule has 0 fully saturated rings. The Morgan fingerprint density at radius 1 is 1.05 bits per heavy atom. The molecule has 21 heavy (non-hydrogen) atoms. The molecule has 0 spiro atoms. The Bertz CT molecular complexity index is 595. The van der Waals surface area contributed by atoms with Gasteiger partial charge in [-0.1, -0.05) is 55.1 Å². The van der Waals surface area contributed by atoms with E-state index in [-0.39, 0.29) is 0 Å². The first-order valence-electron chi connectivity index (χ1n) is 7.48. The maximum absolute atomic E-state index is 5.71. The van der Waals surface area contributed by atoms with E-state index in [9.17, 15) is 0 Å². The van der Waals surface area contributed by atoms with E-state index < -0.39 is 0 Å². The molecule has 0 aliphatic heterocycles. The summed E-state index contributed by atoms with van der Waals surface area (Å²) < 4.78 is 5.71. The third kappa shape index (κ3) is 3.34. The average molecular weight is 279 g/mol. The number of rotatable bonds is 6. The standard InChI is InChI=1S/C19H21NO/c1-2-11-21-19-10-6-5-9-17(19)14-20-18-12-15-7-3-4-8-16(15)13-18/h2-10,18,20H,1,11-14H2. The van der Waals surface area contributed by atoms with Gasteiger partial charge in [-0.3, -0.25) is 0 Å². The van der Waals surface area contributed by atoms with E-state index in [2.05, 4.69) is 48.3 Å². The first-order chi connectivity index (χ1) is 10.4. The normalized spacial score (nSPS) is 13.9. The van der Waals surface area contributed by atoms with Crippen LogP contribution in [-0.2, 0) is 19.4 Å². The lowest BCUT2D eigenvalue weighted by molar-refractivity contribution is 0.356. The molecule has 0 saturated heterocycles. The van der Waals surface area contributed by atoms with Crippen LogP contribution in [0.1, 0.15) is 16.7 Å². The van der Waals surface area contributed by atoms with Gasteiger partial charge in [0, 0.05) is 18.2 Å². The van der Waals surface area contributed by atoms with E-state index in [1.54, 1.807) is 6.08 Å². The highest BCUT2D eigenvalue weighted by atomic mass is 16.5. The van der Waals surface area contributed by atoms with Gasteiger partial charge in [0.25, 0.3) is 0 Å². The van der Waals surface area contributed by atoms with Gasteiger partial charge >= 0.3 is 0 Å². The smallest absolute Gasteiger partial charge is 0.124 e. The zero-order valence-electron chi connectivity index (χ0n) is 12.2. The first kappa shape index (κ1) is 13.9. The molecule has 0 atom stereocenters. The molecular formula is C19H21NO. The molecule has 2 aromatic rings. The van der Waals surface area contributed by atoms with E-state index >= 15 is 0 Å². The van der Waals surface area contributed by atoms with Gasteiger partial charge in [-0.05, 0) is 30.0 Å². The Morgan fingerprint density at radius 3 is 2.43 bits per heavy atom.